The number of nitrogens with one attached hydrogen (secondary N) is 1. The van der Waals surface area contributed by atoms with Crippen LogP contribution in [0.5, 0.6) is 0 Å². The molecule has 16 heavy (non-hydrogen) atoms. The summed E-state index contributed by atoms with van der Waals surface area (Å²) in [7, 11) is 4.27. The maximum absolute atomic E-state index is 5.46. The van der Waals surface area contributed by atoms with Gasteiger partial charge in [-0.05, 0) is 52.9 Å². The Morgan fingerprint density at radius 3 is 2.62 bits per heavy atom. The van der Waals surface area contributed by atoms with Crippen LogP contribution in [0, 0.1) is 0 Å². The van der Waals surface area contributed by atoms with Crippen LogP contribution in [0.3, 0.4) is 0 Å². The molecule has 1 aliphatic heterocycles. The highest BCUT2D eigenvalue weighted by molar-refractivity contribution is 5.17. The van der Waals surface area contributed by atoms with Gasteiger partial charge in [-0.1, -0.05) is 6.92 Å². The Morgan fingerprint density at radius 1 is 1.50 bits per heavy atom. The van der Waals surface area contributed by atoms with E-state index in [1.54, 1.807) is 0 Å². The molecular formula is C13H26N2O. The largest absolute Gasteiger partial charge is 0.501 e. The summed E-state index contributed by atoms with van der Waals surface area (Å²) in [5.74, 6) is 0. The lowest BCUT2D eigenvalue weighted by Gasteiger charge is -2.42. The minimum Gasteiger partial charge on any atom is -0.501 e. The van der Waals surface area contributed by atoms with Gasteiger partial charge < -0.3 is 15.0 Å². The summed E-state index contributed by atoms with van der Waals surface area (Å²) in [4.78, 5) is 2.27. The van der Waals surface area contributed by atoms with Crippen molar-refractivity contribution in [1.82, 2.24) is 10.2 Å². The highest BCUT2D eigenvalue weighted by Gasteiger charge is 2.34. The van der Waals surface area contributed by atoms with Crippen molar-refractivity contribution >= 4 is 0 Å². The van der Waals surface area contributed by atoms with E-state index in [4.69, 9.17) is 4.74 Å². The van der Waals surface area contributed by atoms with Crippen molar-refractivity contribution in [1.29, 1.82) is 0 Å². The van der Waals surface area contributed by atoms with Crippen LogP contribution in [0.1, 0.15) is 33.6 Å². The van der Waals surface area contributed by atoms with Gasteiger partial charge in [0, 0.05) is 11.6 Å². The summed E-state index contributed by atoms with van der Waals surface area (Å²) in [6, 6.07) is 0.368. The molecule has 0 aromatic heterocycles. The highest BCUT2D eigenvalue weighted by Crippen LogP contribution is 2.26. The maximum Gasteiger partial charge on any atom is 0.0876 e. The van der Waals surface area contributed by atoms with Crippen LogP contribution in [-0.4, -0.2) is 43.7 Å². The van der Waals surface area contributed by atoms with Gasteiger partial charge >= 0.3 is 0 Å². The van der Waals surface area contributed by atoms with E-state index in [2.05, 4.69) is 45.1 Å². The van der Waals surface area contributed by atoms with Crippen molar-refractivity contribution in [3.8, 4) is 0 Å². The molecule has 0 aromatic carbocycles. The summed E-state index contributed by atoms with van der Waals surface area (Å²) in [6.07, 6.45) is 4.24. The lowest BCUT2D eigenvalue weighted by Crippen LogP contribution is -2.56. The fourth-order valence-corrected chi connectivity index (χ4v) is 2.09. The molecule has 0 bridgehead atoms. The molecule has 1 rings (SSSR count). The zero-order chi connectivity index (χ0) is 12.2. The maximum atomic E-state index is 5.46. The summed E-state index contributed by atoms with van der Waals surface area (Å²) >= 11 is 0. The number of hydrogen-bond donors (Lipinski definition) is 1. The molecular weight excluding hydrogens is 200 g/mol. The van der Waals surface area contributed by atoms with Crippen LogP contribution in [0.25, 0.3) is 0 Å². The number of hydrogen-bond acceptors (Lipinski definition) is 3. The van der Waals surface area contributed by atoms with Crippen molar-refractivity contribution < 1.29 is 4.74 Å². The molecule has 1 atom stereocenters. The predicted molar refractivity (Wildman–Crippen MR) is 68.5 cm³/mol. The molecule has 0 aromatic rings. The van der Waals surface area contributed by atoms with Crippen LogP contribution >= 0.6 is 0 Å². The second kappa shape index (κ2) is 5.69. The molecule has 1 N–H and O–H groups in total. The smallest absolute Gasteiger partial charge is 0.0876 e. The molecule has 1 aliphatic rings. The second-order valence-electron chi connectivity index (χ2n) is 5.21. The molecule has 1 unspecified atom stereocenters. The van der Waals surface area contributed by atoms with E-state index in [0.29, 0.717) is 6.04 Å². The fraction of sp³-hybridized carbons (Fsp3) is 0.846. The molecule has 0 aliphatic carbocycles. The molecule has 1 heterocycles. The molecule has 0 spiro atoms. The van der Waals surface area contributed by atoms with Gasteiger partial charge in [0.05, 0.1) is 12.9 Å². The first-order valence-corrected chi connectivity index (χ1v) is 6.21. The van der Waals surface area contributed by atoms with E-state index in [1.807, 2.05) is 6.26 Å². The Morgan fingerprint density at radius 2 is 2.19 bits per heavy atom. The molecule has 0 amide bonds. The summed E-state index contributed by atoms with van der Waals surface area (Å²) < 4.78 is 5.46. The van der Waals surface area contributed by atoms with Crippen LogP contribution in [0.4, 0.5) is 0 Å². The zero-order valence-corrected chi connectivity index (χ0v) is 11.3. The van der Waals surface area contributed by atoms with Crippen LogP contribution < -0.4 is 5.32 Å². The molecule has 3 heteroatoms. The average Bonchev–Trinajstić information content (AvgIpc) is 2.26. The zero-order valence-electron chi connectivity index (χ0n) is 11.3. The van der Waals surface area contributed by atoms with Crippen LogP contribution in [-0.2, 0) is 4.74 Å². The quantitative estimate of drug-likeness (QED) is 0.776. The lowest BCUT2D eigenvalue weighted by molar-refractivity contribution is 0.141. The SMILES string of the molecule is CCNC(C1=COCCC1)C(C)(C)N(C)C. The predicted octanol–water partition coefficient (Wildman–Crippen LogP) is 2.00. The van der Waals surface area contributed by atoms with Gasteiger partial charge in [-0.3, -0.25) is 0 Å². The van der Waals surface area contributed by atoms with Gasteiger partial charge in [0.1, 0.15) is 0 Å². The van der Waals surface area contributed by atoms with Gasteiger partial charge in [0.25, 0.3) is 0 Å². The van der Waals surface area contributed by atoms with E-state index in [1.165, 1.54) is 5.57 Å². The third kappa shape index (κ3) is 2.98. The first kappa shape index (κ1) is 13.5. The molecule has 94 valence electrons. The molecule has 0 saturated heterocycles. The van der Waals surface area contributed by atoms with E-state index in [-0.39, 0.29) is 5.54 Å². The topological polar surface area (TPSA) is 24.5 Å². The van der Waals surface area contributed by atoms with E-state index < -0.39 is 0 Å². The Balaban J connectivity index is 2.84. The summed E-state index contributed by atoms with van der Waals surface area (Å²) in [5, 5.41) is 3.58. The average molecular weight is 226 g/mol. The minimum absolute atomic E-state index is 0.0997. The van der Waals surface area contributed by atoms with Crippen molar-refractivity contribution in [2.75, 3.05) is 27.2 Å². The lowest BCUT2D eigenvalue weighted by atomic mass is 9.85. The number of rotatable bonds is 5. The van der Waals surface area contributed by atoms with E-state index in [9.17, 15) is 0 Å². The molecule has 0 saturated carbocycles. The van der Waals surface area contributed by atoms with Gasteiger partial charge in [0.15, 0.2) is 0 Å². The molecule has 0 radical (unpaired) electrons. The number of ether oxygens (including phenoxy) is 1. The third-order valence-electron chi connectivity index (χ3n) is 3.60. The monoisotopic (exact) mass is 226 g/mol. The first-order valence-electron chi connectivity index (χ1n) is 6.21. The van der Waals surface area contributed by atoms with Gasteiger partial charge in [-0.25, -0.2) is 0 Å². The molecule has 3 nitrogen and oxygen atoms in total. The van der Waals surface area contributed by atoms with Crippen molar-refractivity contribution in [3.05, 3.63) is 11.8 Å². The molecule has 0 fully saturated rings. The van der Waals surface area contributed by atoms with Crippen LogP contribution in [0.2, 0.25) is 0 Å². The summed E-state index contributed by atoms with van der Waals surface area (Å²) in [5.41, 5.74) is 1.49. The Hall–Kier alpha value is -0.540. The van der Waals surface area contributed by atoms with Gasteiger partial charge in [-0.15, -0.1) is 0 Å². The van der Waals surface area contributed by atoms with E-state index in [0.717, 1.165) is 26.0 Å². The standard InChI is InChI=1S/C13H26N2O/c1-6-14-12(13(2,3)15(4)5)11-8-7-9-16-10-11/h10,12,14H,6-9H2,1-5H3. The van der Waals surface area contributed by atoms with Gasteiger partial charge in [0.2, 0.25) is 0 Å². The Bertz CT molecular complexity index is 246. The fourth-order valence-electron chi connectivity index (χ4n) is 2.09. The minimum atomic E-state index is 0.0997. The Labute approximate surface area is 99.8 Å². The number of likely N-dealkylation sites (N-methyl/N-ethyl adjacent to an activating group) is 2. The second-order valence-corrected chi connectivity index (χ2v) is 5.21. The summed E-state index contributed by atoms with van der Waals surface area (Å²) in [6.45, 7) is 8.55. The van der Waals surface area contributed by atoms with Crippen molar-refractivity contribution in [2.45, 2.75) is 45.2 Å². The van der Waals surface area contributed by atoms with Crippen LogP contribution in [0.15, 0.2) is 11.8 Å². The highest BCUT2D eigenvalue weighted by atomic mass is 16.5. The normalized spacial score (nSPS) is 19.2. The van der Waals surface area contributed by atoms with E-state index >= 15 is 0 Å². The third-order valence-corrected chi connectivity index (χ3v) is 3.60. The van der Waals surface area contributed by atoms with Gasteiger partial charge in [-0.2, -0.15) is 0 Å². The Kier molecular flexibility index (Phi) is 4.81. The number of nitrogens with zero attached hydrogens (tertiary/aromatic N) is 1. The van der Waals surface area contributed by atoms with Crippen molar-refractivity contribution in [3.63, 3.8) is 0 Å². The van der Waals surface area contributed by atoms with Crippen molar-refractivity contribution in [2.24, 2.45) is 0 Å². The first-order chi connectivity index (χ1) is 7.50.